The van der Waals surface area contributed by atoms with E-state index in [0.717, 1.165) is 32.1 Å². The summed E-state index contributed by atoms with van der Waals surface area (Å²) in [4.78, 5) is 0. The van der Waals surface area contributed by atoms with Crippen LogP contribution in [0.25, 0.3) is 0 Å². The van der Waals surface area contributed by atoms with Crippen LogP contribution in [0, 0.1) is 11.3 Å². The molecule has 2 atom stereocenters. The van der Waals surface area contributed by atoms with Gasteiger partial charge in [-0.1, -0.05) is 30.3 Å². The van der Waals surface area contributed by atoms with Gasteiger partial charge < -0.3 is 10.4 Å². The number of aliphatic hydroxyl groups excluding tert-OH is 1. The van der Waals surface area contributed by atoms with Crippen LogP contribution in [0.2, 0.25) is 0 Å². The average molecular weight is 393 g/mol. The second kappa shape index (κ2) is 7.47. The zero-order valence-corrected chi connectivity index (χ0v) is 17.0. The molecule has 27 heavy (non-hydrogen) atoms. The SMILES string of the molecule is CS(=O)(=O)N1CC(CCO)(C2CCC(N[C@@H]3CC3c3ccccc3)CC2)C1. The second-order valence-corrected chi connectivity index (χ2v) is 10.9. The van der Waals surface area contributed by atoms with Crippen LogP contribution in [0.3, 0.4) is 0 Å². The lowest BCUT2D eigenvalue weighted by Gasteiger charge is -2.54. The van der Waals surface area contributed by atoms with Crippen LogP contribution in [0.1, 0.15) is 50.0 Å². The summed E-state index contributed by atoms with van der Waals surface area (Å²) in [5.74, 6) is 1.20. The first-order valence-corrected chi connectivity index (χ1v) is 12.1. The number of aliphatic hydroxyl groups is 1. The smallest absolute Gasteiger partial charge is 0.211 e. The first kappa shape index (κ1) is 19.4. The number of nitrogens with zero attached hydrogens (tertiary/aromatic N) is 1. The molecule has 0 aromatic heterocycles. The molecule has 1 unspecified atom stereocenters. The summed E-state index contributed by atoms with van der Waals surface area (Å²) in [7, 11) is -3.11. The van der Waals surface area contributed by atoms with E-state index in [1.807, 2.05) is 0 Å². The van der Waals surface area contributed by atoms with Crippen molar-refractivity contribution in [2.75, 3.05) is 26.0 Å². The molecule has 0 amide bonds. The normalized spacial score (nSPS) is 33.4. The summed E-state index contributed by atoms with van der Waals surface area (Å²) in [5, 5.41) is 13.4. The maximum absolute atomic E-state index is 11.8. The summed E-state index contributed by atoms with van der Waals surface area (Å²) in [6, 6.07) is 12.0. The minimum Gasteiger partial charge on any atom is -0.396 e. The van der Waals surface area contributed by atoms with Gasteiger partial charge in [0.1, 0.15) is 0 Å². The monoisotopic (exact) mass is 392 g/mol. The third-order valence-electron chi connectivity index (χ3n) is 7.12. The van der Waals surface area contributed by atoms with Gasteiger partial charge in [0.25, 0.3) is 0 Å². The fourth-order valence-electron chi connectivity index (χ4n) is 5.36. The first-order chi connectivity index (χ1) is 12.9. The standard InChI is InChI=1S/C21H32N2O3S/c1-27(25,26)23-14-21(15-23,11-12-24)17-7-9-18(10-8-17)22-20-13-19(20)16-5-3-2-4-6-16/h2-6,17-20,22,24H,7-15H2,1H3/t17?,18?,19?,20-/m1/s1. The molecule has 2 aliphatic carbocycles. The Morgan fingerprint density at radius 1 is 1.15 bits per heavy atom. The Balaban J connectivity index is 1.27. The van der Waals surface area contributed by atoms with Gasteiger partial charge in [-0.2, -0.15) is 0 Å². The zero-order valence-electron chi connectivity index (χ0n) is 16.2. The fraction of sp³-hybridized carbons (Fsp3) is 0.714. The number of sulfonamides is 1. The van der Waals surface area contributed by atoms with Gasteiger partial charge in [0.2, 0.25) is 10.0 Å². The van der Waals surface area contributed by atoms with Gasteiger partial charge in [-0.3, -0.25) is 0 Å². The molecule has 0 radical (unpaired) electrons. The average Bonchev–Trinajstić information content (AvgIpc) is 3.37. The highest BCUT2D eigenvalue weighted by molar-refractivity contribution is 7.88. The van der Waals surface area contributed by atoms with Gasteiger partial charge >= 0.3 is 0 Å². The molecule has 4 rings (SSSR count). The predicted molar refractivity (Wildman–Crippen MR) is 107 cm³/mol. The Labute approximate surface area is 163 Å². The van der Waals surface area contributed by atoms with E-state index in [2.05, 4.69) is 35.6 Å². The molecule has 2 N–H and O–H groups in total. The van der Waals surface area contributed by atoms with Crippen molar-refractivity contribution in [1.82, 2.24) is 9.62 Å². The molecule has 3 fully saturated rings. The van der Waals surface area contributed by atoms with Crippen molar-refractivity contribution in [2.45, 2.75) is 56.5 Å². The lowest BCUT2D eigenvalue weighted by atomic mass is 9.63. The summed E-state index contributed by atoms with van der Waals surface area (Å²) in [6.07, 6.45) is 7.84. The summed E-state index contributed by atoms with van der Waals surface area (Å²) in [6.45, 7) is 1.33. The molecule has 0 spiro atoms. The molecule has 1 saturated heterocycles. The maximum atomic E-state index is 11.8. The molecule has 5 nitrogen and oxygen atoms in total. The minimum absolute atomic E-state index is 0.00501. The first-order valence-electron chi connectivity index (χ1n) is 10.3. The van der Waals surface area contributed by atoms with Gasteiger partial charge in [-0.15, -0.1) is 0 Å². The number of hydrogen-bond donors (Lipinski definition) is 2. The van der Waals surface area contributed by atoms with Crippen molar-refractivity contribution >= 4 is 10.0 Å². The second-order valence-electron chi connectivity index (χ2n) is 8.94. The number of nitrogens with one attached hydrogen (secondary N) is 1. The predicted octanol–water partition coefficient (Wildman–Crippen LogP) is 2.33. The van der Waals surface area contributed by atoms with Gasteiger partial charge in [0.15, 0.2) is 0 Å². The Kier molecular flexibility index (Phi) is 5.36. The summed E-state index contributed by atoms with van der Waals surface area (Å²) in [5.41, 5.74) is 1.44. The van der Waals surface area contributed by atoms with E-state index in [-0.39, 0.29) is 12.0 Å². The highest BCUT2D eigenvalue weighted by Crippen LogP contribution is 2.49. The van der Waals surface area contributed by atoms with Crippen molar-refractivity contribution in [2.24, 2.45) is 11.3 Å². The Bertz CT molecular complexity index is 738. The lowest BCUT2D eigenvalue weighted by molar-refractivity contribution is -0.0316. The molecule has 3 aliphatic rings. The van der Waals surface area contributed by atoms with Crippen LogP contribution < -0.4 is 5.32 Å². The number of benzene rings is 1. The Morgan fingerprint density at radius 2 is 1.81 bits per heavy atom. The topological polar surface area (TPSA) is 69.6 Å². The molecule has 6 heteroatoms. The van der Waals surface area contributed by atoms with E-state index in [1.165, 1.54) is 18.2 Å². The quantitative estimate of drug-likeness (QED) is 0.747. The molecule has 0 bridgehead atoms. The fourth-order valence-corrected chi connectivity index (χ4v) is 6.34. The Hall–Kier alpha value is -0.950. The highest BCUT2D eigenvalue weighted by atomic mass is 32.2. The Morgan fingerprint density at radius 3 is 2.41 bits per heavy atom. The third kappa shape index (κ3) is 4.09. The van der Waals surface area contributed by atoms with E-state index >= 15 is 0 Å². The minimum atomic E-state index is -3.11. The van der Waals surface area contributed by atoms with Gasteiger partial charge in [0, 0.05) is 43.1 Å². The van der Waals surface area contributed by atoms with Crippen molar-refractivity contribution in [3.8, 4) is 0 Å². The third-order valence-corrected chi connectivity index (χ3v) is 8.32. The van der Waals surface area contributed by atoms with Gasteiger partial charge in [-0.05, 0) is 50.0 Å². The summed E-state index contributed by atoms with van der Waals surface area (Å²) >= 11 is 0. The van der Waals surface area contributed by atoms with Crippen molar-refractivity contribution < 1.29 is 13.5 Å². The van der Waals surface area contributed by atoms with Crippen LogP contribution in [0.4, 0.5) is 0 Å². The van der Waals surface area contributed by atoms with Crippen LogP contribution in [-0.4, -0.2) is 55.9 Å². The summed E-state index contributed by atoms with van der Waals surface area (Å²) < 4.78 is 25.1. The molecular weight excluding hydrogens is 360 g/mol. The van der Waals surface area contributed by atoms with Crippen LogP contribution in [-0.2, 0) is 10.0 Å². The molecule has 1 heterocycles. The molecule has 1 aromatic carbocycles. The number of hydrogen-bond acceptors (Lipinski definition) is 4. The van der Waals surface area contributed by atoms with Crippen LogP contribution in [0.5, 0.6) is 0 Å². The van der Waals surface area contributed by atoms with Crippen molar-refractivity contribution in [3.63, 3.8) is 0 Å². The van der Waals surface area contributed by atoms with E-state index in [9.17, 15) is 13.5 Å². The van der Waals surface area contributed by atoms with Crippen molar-refractivity contribution in [1.29, 1.82) is 0 Å². The molecule has 2 saturated carbocycles. The molecule has 1 aromatic rings. The van der Waals surface area contributed by atoms with E-state index in [1.54, 1.807) is 4.31 Å². The van der Waals surface area contributed by atoms with E-state index in [0.29, 0.717) is 37.0 Å². The van der Waals surface area contributed by atoms with E-state index in [4.69, 9.17) is 0 Å². The van der Waals surface area contributed by atoms with Gasteiger partial charge in [-0.25, -0.2) is 12.7 Å². The van der Waals surface area contributed by atoms with Crippen molar-refractivity contribution in [3.05, 3.63) is 35.9 Å². The maximum Gasteiger partial charge on any atom is 0.211 e. The van der Waals surface area contributed by atoms with Crippen LogP contribution >= 0.6 is 0 Å². The van der Waals surface area contributed by atoms with Crippen LogP contribution in [0.15, 0.2) is 30.3 Å². The largest absolute Gasteiger partial charge is 0.396 e. The van der Waals surface area contributed by atoms with E-state index < -0.39 is 10.0 Å². The molecule has 150 valence electrons. The highest BCUT2D eigenvalue weighted by Gasteiger charge is 2.51. The number of rotatable bonds is 7. The molecule has 1 aliphatic heterocycles. The van der Waals surface area contributed by atoms with Gasteiger partial charge in [0.05, 0.1) is 6.26 Å². The molecular formula is C21H32N2O3S. The zero-order chi connectivity index (χ0) is 19.1. The lowest BCUT2D eigenvalue weighted by Crippen LogP contribution is -2.62.